The van der Waals surface area contributed by atoms with Gasteiger partial charge in [0, 0.05) is 23.5 Å². The number of aromatic nitrogens is 1. The van der Waals surface area contributed by atoms with E-state index in [1.54, 1.807) is 11.3 Å². The molecule has 0 spiro atoms. The average molecular weight is 217 g/mol. The predicted molar refractivity (Wildman–Crippen MR) is 57.6 cm³/mol. The lowest BCUT2D eigenvalue weighted by molar-refractivity contribution is 0.586. The van der Waals surface area contributed by atoms with Gasteiger partial charge in [-0.2, -0.15) is 0 Å². The lowest BCUT2D eigenvalue weighted by atomic mass is 10.1. The van der Waals surface area contributed by atoms with Gasteiger partial charge < -0.3 is 5.32 Å². The summed E-state index contributed by atoms with van der Waals surface area (Å²) in [4.78, 5) is 4.17. The van der Waals surface area contributed by atoms with Crippen LogP contribution in [0.2, 0.25) is 0 Å². The zero-order chi connectivity index (χ0) is 9.10. The Morgan fingerprint density at radius 3 is 3.15 bits per heavy atom. The van der Waals surface area contributed by atoms with E-state index in [-0.39, 0.29) is 0 Å². The SMILES string of the molecule is ClC1CCCC1CNc1nccs1. The summed E-state index contributed by atoms with van der Waals surface area (Å²) in [5.74, 6) is 0.630. The van der Waals surface area contributed by atoms with Gasteiger partial charge in [0.05, 0.1) is 0 Å². The monoisotopic (exact) mass is 216 g/mol. The third-order valence-electron chi connectivity index (χ3n) is 2.51. The number of thiazole rings is 1. The second-order valence-corrected chi connectivity index (χ2v) is 4.88. The van der Waals surface area contributed by atoms with E-state index in [0.29, 0.717) is 11.3 Å². The minimum atomic E-state index is 0.368. The van der Waals surface area contributed by atoms with Crippen LogP contribution in [-0.4, -0.2) is 16.9 Å². The molecule has 0 bridgehead atoms. The zero-order valence-corrected chi connectivity index (χ0v) is 8.94. The number of halogens is 1. The van der Waals surface area contributed by atoms with Gasteiger partial charge in [0.25, 0.3) is 0 Å². The van der Waals surface area contributed by atoms with Gasteiger partial charge in [-0.15, -0.1) is 22.9 Å². The van der Waals surface area contributed by atoms with Crippen LogP contribution in [0.1, 0.15) is 19.3 Å². The predicted octanol–water partition coefficient (Wildman–Crippen LogP) is 2.96. The van der Waals surface area contributed by atoms with Crippen molar-refractivity contribution in [3.05, 3.63) is 11.6 Å². The van der Waals surface area contributed by atoms with Gasteiger partial charge in [-0.3, -0.25) is 0 Å². The number of rotatable bonds is 3. The third kappa shape index (κ3) is 2.35. The number of nitrogens with one attached hydrogen (secondary N) is 1. The third-order valence-corrected chi connectivity index (χ3v) is 3.82. The molecule has 72 valence electrons. The Bertz CT molecular complexity index is 250. The van der Waals surface area contributed by atoms with Crippen molar-refractivity contribution in [3.8, 4) is 0 Å². The first-order valence-corrected chi connectivity index (χ1v) is 5.95. The Morgan fingerprint density at radius 1 is 1.62 bits per heavy atom. The van der Waals surface area contributed by atoms with Gasteiger partial charge in [-0.1, -0.05) is 6.42 Å². The molecule has 1 N–H and O–H groups in total. The average Bonchev–Trinajstić information content (AvgIpc) is 2.72. The van der Waals surface area contributed by atoms with E-state index < -0.39 is 0 Å². The van der Waals surface area contributed by atoms with Crippen molar-refractivity contribution in [1.29, 1.82) is 0 Å². The maximum Gasteiger partial charge on any atom is 0.182 e. The number of hydrogen-bond donors (Lipinski definition) is 1. The molecule has 4 heteroatoms. The summed E-state index contributed by atoms with van der Waals surface area (Å²) in [6.45, 7) is 0.974. The van der Waals surface area contributed by atoms with Crippen LogP contribution in [0, 0.1) is 5.92 Å². The van der Waals surface area contributed by atoms with Gasteiger partial charge in [-0.05, 0) is 18.8 Å². The van der Waals surface area contributed by atoms with Gasteiger partial charge in [0.1, 0.15) is 0 Å². The molecule has 13 heavy (non-hydrogen) atoms. The molecule has 1 heterocycles. The molecule has 2 rings (SSSR count). The highest BCUT2D eigenvalue weighted by Gasteiger charge is 2.24. The summed E-state index contributed by atoms with van der Waals surface area (Å²) in [5.41, 5.74) is 0. The van der Waals surface area contributed by atoms with Crippen LogP contribution in [0.4, 0.5) is 5.13 Å². The normalized spacial score (nSPS) is 27.8. The number of anilines is 1. The van der Waals surface area contributed by atoms with E-state index in [0.717, 1.165) is 11.7 Å². The van der Waals surface area contributed by atoms with Crippen molar-refractivity contribution in [2.24, 2.45) is 5.92 Å². The molecule has 1 saturated carbocycles. The highest BCUT2D eigenvalue weighted by Crippen LogP contribution is 2.30. The van der Waals surface area contributed by atoms with Gasteiger partial charge in [-0.25, -0.2) is 4.98 Å². The minimum Gasteiger partial charge on any atom is -0.361 e. The minimum absolute atomic E-state index is 0.368. The molecule has 2 nitrogen and oxygen atoms in total. The molecule has 0 amide bonds. The molecule has 1 fully saturated rings. The molecule has 1 aromatic heterocycles. The molecule has 0 aromatic carbocycles. The fourth-order valence-corrected chi connectivity index (χ4v) is 2.66. The lowest BCUT2D eigenvalue weighted by Gasteiger charge is -2.13. The van der Waals surface area contributed by atoms with E-state index in [2.05, 4.69) is 10.3 Å². The van der Waals surface area contributed by atoms with Crippen LogP contribution in [-0.2, 0) is 0 Å². The Balaban J connectivity index is 1.79. The van der Waals surface area contributed by atoms with Gasteiger partial charge in [0.2, 0.25) is 0 Å². The fourth-order valence-electron chi connectivity index (χ4n) is 1.75. The van der Waals surface area contributed by atoms with Gasteiger partial charge >= 0.3 is 0 Å². The summed E-state index contributed by atoms with van der Waals surface area (Å²) in [7, 11) is 0. The first-order chi connectivity index (χ1) is 6.36. The van der Waals surface area contributed by atoms with Crippen LogP contribution in [0.15, 0.2) is 11.6 Å². The smallest absolute Gasteiger partial charge is 0.182 e. The second kappa shape index (κ2) is 4.29. The second-order valence-electron chi connectivity index (χ2n) is 3.43. The number of nitrogens with zero attached hydrogens (tertiary/aromatic N) is 1. The summed E-state index contributed by atoms with van der Waals surface area (Å²) in [6, 6.07) is 0. The number of hydrogen-bond acceptors (Lipinski definition) is 3. The van der Waals surface area contributed by atoms with Crippen molar-refractivity contribution < 1.29 is 0 Å². The van der Waals surface area contributed by atoms with Crippen LogP contribution >= 0.6 is 22.9 Å². The molecular weight excluding hydrogens is 204 g/mol. The highest BCUT2D eigenvalue weighted by molar-refractivity contribution is 7.13. The largest absolute Gasteiger partial charge is 0.361 e. The quantitative estimate of drug-likeness (QED) is 0.786. The molecular formula is C9H13ClN2S. The maximum atomic E-state index is 6.16. The molecule has 1 aromatic rings. The molecule has 2 atom stereocenters. The summed E-state index contributed by atoms with van der Waals surface area (Å²) in [5, 5.41) is 6.68. The first kappa shape index (κ1) is 9.28. The van der Waals surface area contributed by atoms with Crippen LogP contribution in [0.3, 0.4) is 0 Å². The Morgan fingerprint density at radius 2 is 2.54 bits per heavy atom. The highest BCUT2D eigenvalue weighted by atomic mass is 35.5. The Labute approximate surface area is 87.3 Å². The maximum absolute atomic E-state index is 6.16. The van der Waals surface area contributed by atoms with Gasteiger partial charge in [0.15, 0.2) is 5.13 Å². The van der Waals surface area contributed by atoms with E-state index in [1.165, 1.54) is 19.3 Å². The van der Waals surface area contributed by atoms with Crippen LogP contribution < -0.4 is 5.32 Å². The van der Waals surface area contributed by atoms with Crippen molar-refractivity contribution in [3.63, 3.8) is 0 Å². The van der Waals surface area contributed by atoms with Crippen molar-refractivity contribution in [2.75, 3.05) is 11.9 Å². The molecule has 0 aliphatic heterocycles. The van der Waals surface area contributed by atoms with Crippen molar-refractivity contribution in [2.45, 2.75) is 24.6 Å². The van der Waals surface area contributed by atoms with E-state index in [1.807, 2.05) is 11.6 Å². The van der Waals surface area contributed by atoms with Crippen LogP contribution in [0.25, 0.3) is 0 Å². The molecule has 2 unspecified atom stereocenters. The van der Waals surface area contributed by atoms with Crippen LogP contribution in [0.5, 0.6) is 0 Å². The summed E-state index contributed by atoms with van der Waals surface area (Å²) >= 11 is 7.80. The summed E-state index contributed by atoms with van der Waals surface area (Å²) in [6.07, 6.45) is 5.52. The lowest BCUT2D eigenvalue weighted by Crippen LogP contribution is -2.18. The molecule has 1 aliphatic carbocycles. The zero-order valence-electron chi connectivity index (χ0n) is 7.37. The Kier molecular flexibility index (Phi) is 3.06. The topological polar surface area (TPSA) is 24.9 Å². The van der Waals surface area contributed by atoms with Crippen molar-refractivity contribution >= 4 is 28.1 Å². The fraction of sp³-hybridized carbons (Fsp3) is 0.667. The standard InChI is InChI=1S/C9H13ClN2S/c10-8-3-1-2-7(8)6-12-9-11-4-5-13-9/h4-5,7-8H,1-3,6H2,(H,11,12). The number of alkyl halides is 1. The Hall–Kier alpha value is -0.280. The molecule has 0 radical (unpaired) electrons. The molecule has 0 saturated heterocycles. The van der Waals surface area contributed by atoms with E-state index in [4.69, 9.17) is 11.6 Å². The molecule has 1 aliphatic rings. The van der Waals surface area contributed by atoms with E-state index in [9.17, 15) is 0 Å². The first-order valence-electron chi connectivity index (χ1n) is 4.63. The van der Waals surface area contributed by atoms with Crippen molar-refractivity contribution in [1.82, 2.24) is 4.98 Å². The van der Waals surface area contributed by atoms with E-state index >= 15 is 0 Å². The summed E-state index contributed by atoms with van der Waals surface area (Å²) < 4.78 is 0.